The number of aromatic amines is 1. The standard InChI is InChI=1S/C7H10ClN3O3S/c1-4-2-3-14-5(4)6-9-7(11-10-6)15(8,12)13/h4-5H,2-3H2,1H3,(H,9,10,11). The molecule has 1 aliphatic heterocycles. The van der Waals surface area contributed by atoms with Gasteiger partial charge in [0.15, 0.2) is 5.82 Å². The van der Waals surface area contributed by atoms with Gasteiger partial charge in [0.2, 0.25) is 0 Å². The minimum atomic E-state index is -3.87. The van der Waals surface area contributed by atoms with Gasteiger partial charge in [-0.3, -0.25) is 5.10 Å². The first-order valence-corrected chi connectivity index (χ1v) is 6.78. The maximum atomic E-state index is 10.9. The fraction of sp³-hybridized carbons (Fsp3) is 0.714. The van der Waals surface area contributed by atoms with Crippen molar-refractivity contribution in [3.8, 4) is 0 Å². The third-order valence-corrected chi connectivity index (χ3v) is 3.39. The van der Waals surface area contributed by atoms with Crippen molar-refractivity contribution >= 4 is 19.7 Å². The first kappa shape index (κ1) is 10.8. The molecule has 2 unspecified atom stereocenters. The highest BCUT2D eigenvalue weighted by molar-refractivity contribution is 8.13. The monoisotopic (exact) mass is 251 g/mol. The number of halogens is 1. The highest BCUT2D eigenvalue weighted by Crippen LogP contribution is 2.32. The van der Waals surface area contributed by atoms with Crippen molar-refractivity contribution in [2.24, 2.45) is 5.92 Å². The summed E-state index contributed by atoms with van der Waals surface area (Å²) in [5.41, 5.74) is 0. The molecule has 2 rings (SSSR count). The summed E-state index contributed by atoms with van der Waals surface area (Å²) in [5, 5.41) is 5.66. The molecular formula is C7H10ClN3O3S. The van der Waals surface area contributed by atoms with Crippen LogP contribution in [0.15, 0.2) is 5.16 Å². The first-order valence-electron chi connectivity index (χ1n) is 4.47. The molecule has 15 heavy (non-hydrogen) atoms. The molecule has 1 N–H and O–H groups in total. The van der Waals surface area contributed by atoms with Gasteiger partial charge < -0.3 is 4.74 Å². The first-order chi connectivity index (χ1) is 6.98. The lowest BCUT2D eigenvalue weighted by atomic mass is 10.0. The summed E-state index contributed by atoms with van der Waals surface area (Å²) in [4.78, 5) is 3.80. The summed E-state index contributed by atoms with van der Waals surface area (Å²) in [6.07, 6.45) is 0.707. The summed E-state index contributed by atoms with van der Waals surface area (Å²) >= 11 is 0. The van der Waals surface area contributed by atoms with Gasteiger partial charge in [0.05, 0.1) is 0 Å². The summed E-state index contributed by atoms with van der Waals surface area (Å²) in [5.74, 6) is 0.711. The van der Waals surface area contributed by atoms with E-state index in [2.05, 4.69) is 15.2 Å². The number of hydrogen-bond donors (Lipinski definition) is 1. The zero-order chi connectivity index (χ0) is 11.1. The second-order valence-corrected chi connectivity index (χ2v) is 5.96. The van der Waals surface area contributed by atoms with E-state index in [1.807, 2.05) is 6.92 Å². The van der Waals surface area contributed by atoms with E-state index in [9.17, 15) is 8.42 Å². The van der Waals surface area contributed by atoms with Gasteiger partial charge in [-0.1, -0.05) is 6.92 Å². The molecule has 0 saturated carbocycles. The van der Waals surface area contributed by atoms with Crippen LogP contribution in [0, 0.1) is 5.92 Å². The van der Waals surface area contributed by atoms with Gasteiger partial charge in [-0.25, -0.2) is 8.42 Å². The van der Waals surface area contributed by atoms with E-state index in [-0.39, 0.29) is 6.10 Å². The van der Waals surface area contributed by atoms with Crippen LogP contribution in [0.4, 0.5) is 0 Å². The number of aromatic nitrogens is 3. The Balaban J connectivity index is 2.28. The van der Waals surface area contributed by atoms with Crippen molar-refractivity contribution in [2.75, 3.05) is 6.61 Å². The largest absolute Gasteiger partial charge is 0.370 e. The number of rotatable bonds is 2. The van der Waals surface area contributed by atoms with E-state index < -0.39 is 14.2 Å². The second-order valence-electron chi connectivity index (χ2n) is 3.50. The molecule has 84 valence electrons. The van der Waals surface area contributed by atoms with Crippen LogP contribution in [0.5, 0.6) is 0 Å². The van der Waals surface area contributed by atoms with Crippen LogP contribution in [0.2, 0.25) is 0 Å². The molecule has 1 fully saturated rings. The van der Waals surface area contributed by atoms with E-state index in [1.54, 1.807) is 0 Å². The fourth-order valence-corrected chi connectivity index (χ4v) is 2.11. The normalized spacial score (nSPS) is 27.1. The highest BCUT2D eigenvalue weighted by atomic mass is 35.7. The Bertz CT molecular complexity index is 458. The molecule has 2 atom stereocenters. The molecule has 0 radical (unpaired) electrons. The fourth-order valence-electron chi connectivity index (χ4n) is 1.54. The van der Waals surface area contributed by atoms with E-state index >= 15 is 0 Å². The van der Waals surface area contributed by atoms with Crippen LogP contribution in [-0.4, -0.2) is 30.2 Å². The van der Waals surface area contributed by atoms with Gasteiger partial charge in [0.25, 0.3) is 14.2 Å². The molecule has 0 amide bonds. The Morgan fingerprint density at radius 2 is 2.33 bits per heavy atom. The van der Waals surface area contributed by atoms with Crippen molar-refractivity contribution in [1.29, 1.82) is 0 Å². The lowest BCUT2D eigenvalue weighted by Crippen LogP contribution is -2.06. The minimum Gasteiger partial charge on any atom is -0.370 e. The van der Waals surface area contributed by atoms with Gasteiger partial charge in [0, 0.05) is 17.3 Å². The van der Waals surface area contributed by atoms with Crippen molar-refractivity contribution < 1.29 is 13.2 Å². The van der Waals surface area contributed by atoms with Crippen LogP contribution in [-0.2, 0) is 13.8 Å². The van der Waals surface area contributed by atoms with Crippen molar-refractivity contribution in [1.82, 2.24) is 15.2 Å². The average molecular weight is 252 g/mol. The Kier molecular flexibility index (Phi) is 2.70. The third-order valence-electron chi connectivity index (χ3n) is 2.36. The molecule has 1 aromatic heterocycles. The molecule has 1 saturated heterocycles. The highest BCUT2D eigenvalue weighted by Gasteiger charge is 2.30. The molecule has 2 heterocycles. The summed E-state index contributed by atoms with van der Waals surface area (Å²) in [6.45, 7) is 2.66. The molecule has 0 spiro atoms. The lowest BCUT2D eigenvalue weighted by molar-refractivity contribution is 0.0874. The van der Waals surface area contributed by atoms with Crippen molar-refractivity contribution in [3.63, 3.8) is 0 Å². The van der Waals surface area contributed by atoms with E-state index in [4.69, 9.17) is 15.4 Å². The average Bonchev–Trinajstić information content (AvgIpc) is 2.69. The Morgan fingerprint density at radius 3 is 2.80 bits per heavy atom. The molecule has 6 nitrogen and oxygen atoms in total. The van der Waals surface area contributed by atoms with Gasteiger partial charge >= 0.3 is 0 Å². The smallest absolute Gasteiger partial charge is 0.298 e. The Hall–Kier alpha value is -0.660. The van der Waals surface area contributed by atoms with Crippen LogP contribution < -0.4 is 0 Å². The zero-order valence-electron chi connectivity index (χ0n) is 7.97. The number of hydrogen-bond acceptors (Lipinski definition) is 5. The quantitative estimate of drug-likeness (QED) is 0.787. The topological polar surface area (TPSA) is 84.9 Å². The van der Waals surface area contributed by atoms with Crippen LogP contribution in [0.1, 0.15) is 25.3 Å². The summed E-state index contributed by atoms with van der Waals surface area (Å²) < 4.78 is 27.3. The van der Waals surface area contributed by atoms with Crippen molar-refractivity contribution in [3.05, 3.63) is 5.82 Å². The van der Waals surface area contributed by atoms with Gasteiger partial charge in [-0.05, 0) is 12.3 Å². The van der Waals surface area contributed by atoms with Gasteiger partial charge in [0.1, 0.15) is 6.10 Å². The number of ether oxygens (including phenoxy) is 1. The summed E-state index contributed by atoms with van der Waals surface area (Å²) in [7, 11) is 1.24. The molecule has 0 bridgehead atoms. The zero-order valence-corrected chi connectivity index (χ0v) is 9.55. The molecule has 8 heteroatoms. The maximum absolute atomic E-state index is 10.9. The van der Waals surface area contributed by atoms with Gasteiger partial charge in [-0.2, -0.15) is 4.98 Å². The Morgan fingerprint density at radius 1 is 1.60 bits per heavy atom. The second kappa shape index (κ2) is 3.73. The summed E-state index contributed by atoms with van der Waals surface area (Å²) in [6, 6.07) is 0. The molecule has 0 aliphatic carbocycles. The molecular weight excluding hydrogens is 242 g/mol. The Labute approximate surface area is 91.4 Å². The third kappa shape index (κ3) is 2.14. The van der Waals surface area contributed by atoms with E-state index in [0.717, 1.165) is 6.42 Å². The van der Waals surface area contributed by atoms with Crippen LogP contribution in [0.3, 0.4) is 0 Å². The predicted molar refractivity (Wildman–Crippen MR) is 51.9 cm³/mol. The van der Waals surface area contributed by atoms with E-state index in [1.165, 1.54) is 0 Å². The van der Waals surface area contributed by atoms with Gasteiger partial charge in [-0.15, -0.1) is 5.10 Å². The minimum absolute atomic E-state index is 0.218. The van der Waals surface area contributed by atoms with Crippen molar-refractivity contribution in [2.45, 2.75) is 24.6 Å². The maximum Gasteiger partial charge on any atom is 0.298 e. The van der Waals surface area contributed by atoms with Crippen LogP contribution >= 0.6 is 10.7 Å². The molecule has 1 aliphatic rings. The number of nitrogens with zero attached hydrogens (tertiary/aromatic N) is 2. The predicted octanol–water partition coefficient (Wildman–Crippen LogP) is 0.830. The number of nitrogens with one attached hydrogen (secondary N) is 1. The number of H-pyrrole nitrogens is 1. The van der Waals surface area contributed by atoms with E-state index in [0.29, 0.717) is 18.3 Å². The molecule has 1 aromatic rings. The lowest BCUT2D eigenvalue weighted by Gasteiger charge is -2.09. The molecule has 0 aromatic carbocycles. The van der Waals surface area contributed by atoms with Crippen LogP contribution in [0.25, 0.3) is 0 Å². The SMILES string of the molecule is CC1CCOC1c1nc(S(=O)(=O)Cl)n[nH]1.